The van der Waals surface area contributed by atoms with Gasteiger partial charge in [-0.05, 0) is 37.3 Å². The predicted octanol–water partition coefficient (Wildman–Crippen LogP) is 3.67. The van der Waals surface area contributed by atoms with E-state index in [-0.39, 0.29) is 0 Å². The van der Waals surface area contributed by atoms with Crippen LogP contribution in [-0.4, -0.2) is 11.1 Å². The molecule has 1 aromatic rings. The smallest absolute Gasteiger partial charge is 0.120 e. The largest absolute Gasteiger partial charge is 0.490 e. The standard InChI is InChI=1S/C15H21NOS/c1-2-11-5-3-7-13(9-11)17-14-8-4-6-12(10-14)15(16)18/h4,6,8,10-11,13H,2-3,5,7,9H2,1H3,(H2,16,18). The fraction of sp³-hybridized carbons (Fsp3) is 0.533. The molecule has 1 aliphatic rings. The van der Waals surface area contributed by atoms with Crippen molar-refractivity contribution in [3.05, 3.63) is 29.8 Å². The molecule has 2 nitrogen and oxygen atoms in total. The lowest BCUT2D eigenvalue weighted by atomic mass is 9.85. The number of benzene rings is 1. The molecule has 0 spiro atoms. The van der Waals surface area contributed by atoms with Crippen molar-refractivity contribution in [1.29, 1.82) is 0 Å². The molecule has 3 heteroatoms. The van der Waals surface area contributed by atoms with E-state index in [0.717, 1.165) is 23.7 Å². The van der Waals surface area contributed by atoms with Crippen molar-refractivity contribution in [2.75, 3.05) is 0 Å². The fourth-order valence-electron chi connectivity index (χ4n) is 2.63. The van der Waals surface area contributed by atoms with E-state index in [4.69, 9.17) is 22.7 Å². The van der Waals surface area contributed by atoms with Crippen molar-refractivity contribution in [3.63, 3.8) is 0 Å². The summed E-state index contributed by atoms with van der Waals surface area (Å²) in [6.45, 7) is 2.26. The number of rotatable bonds is 4. The molecule has 0 saturated heterocycles. The fourth-order valence-corrected chi connectivity index (χ4v) is 2.76. The summed E-state index contributed by atoms with van der Waals surface area (Å²) in [5, 5.41) is 0. The third kappa shape index (κ3) is 3.45. The molecular weight excluding hydrogens is 242 g/mol. The molecule has 1 aromatic carbocycles. The highest BCUT2D eigenvalue weighted by Gasteiger charge is 2.22. The lowest BCUT2D eigenvalue weighted by Crippen LogP contribution is -2.25. The minimum absolute atomic E-state index is 0.352. The van der Waals surface area contributed by atoms with Crippen LogP contribution in [0.25, 0.3) is 0 Å². The number of nitrogens with two attached hydrogens (primary N) is 1. The van der Waals surface area contributed by atoms with Gasteiger partial charge in [0.15, 0.2) is 0 Å². The highest BCUT2D eigenvalue weighted by atomic mass is 32.1. The first kappa shape index (κ1) is 13.3. The number of thiocarbonyl (C=S) groups is 1. The number of ether oxygens (including phenoxy) is 1. The van der Waals surface area contributed by atoms with Gasteiger partial charge in [-0.3, -0.25) is 0 Å². The van der Waals surface area contributed by atoms with Gasteiger partial charge in [0.25, 0.3) is 0 Å². The van der Waals surface area contributed by atoms with Crippen molar-refractivity contribution in [2.24, 2.45) is 11.7 Å². The maximum atomic E-state index is 6.06. The summed E-state index contributed by atoms with van der Waals surface area (Å²) < 4.78 is 6.06. The second-order valence-corrected chi connectivity index (χ2v) is 5.51. The molecule has 1 saturated carbocycles. The Hall–Kier alpha value is -1.09. The minimum atomic E-state index is 0.352. The van der Waals surface area contributed by atoms with Crippen LogP contribution in [0.15, 0.2) is 24.3 Å². The second kappa shape index (κ2) is 6.19. The van der Waals surface area contributed by atoms with Crippen molar-refractivity contribution >= 4 is 17.2 Å². The van der Waals surface area contributed by atoms with Crippen molar-refractivity contribution in [2.45, 2.75) is 45.1 Å². The molecular formula is C15H21NOS. The summed E-state index contributed by atoms with van der Waals surface area (Å²) in [5.74, 6) is 1.71. The molecule has 0 heterocycles. The van der Waals surface area contributed by atoms with Crippen LogP contribution in [0.1, 0.15) is 44.6 Å². The Morgan fingerprint density at radius 1 is 1.44 bits per heavy atom. The maximum absolute atomic E-state index is 6.06. The third-order valence-corrected chi connectivity index (χ3v) is 3.97. The summed E-state index contributed by atoms with van der Waals surface area (Å²) in [4.78, 5) is 0.426. The van der Waals surface area contributed by atoms with Crippen LogP contribution in [0.2, 0.25) is 0 Å². The zero-order valence-corrected chi connectivity index (χ0v) is 11.7. The Bertz CT molecular complexity index is 419. The zero-order chi connectivity index (χ0) is 13.0. The third-order valence-electron chi connectivity index (χ3n) is 3.73. The van der Waals surface area contributed by atoms with Crippen LogP contribution in [0.5, 0.6) is 5.75 Å². The summed E-state index contributed by atoms with van der Waals surface area (Å²) in [6.07, 6.45) is 6.57. The van der Waals surface area contributed by atoms with Gasteiger partial charge in [0.05, 0.1) is 6.10 Å². The molecule has 0 radical (unpaired) electrons. The van der Waals surface area contributed by atoms with Gasteiger partial charge in [-0.15, -0.1) is 0 Å². The van der Waals surface area contributed by atoms with Gasteiger partial charge in [-0.2, -0.15) is 0 Å². The first-order valence-electron chi connectivity index (χ1n) is 6.75. The van der Waals surface area contributed by atoms with Crippen molar-refractivity contribution in [3.8, 4) is 5.75 Å². The average molecular weight is 263 g/mol. The van der Waals surface area contributed by atoms with Crippen molar-refractivity contribution in [1.82, 2.24) is 0 Å². The summed E-state index contributed by atoms with van der Waals surface area (Å²) in [5.41, 5.74) is 6.52. The number of hydrogen-bond donors (Lipinski definition) is 1. The minimum Gasteiger partial charge on any atom is -0.490 e. The van der Waals surface area contributed by atoms with E-state index in [1.165, 1.54) is 25.7 Å². The summed E-state index contributed by atoms with van der Waals surface area (Å²) >= 11 is 4.99. The van der Waals surface area contributed by atoms with Gasteiger partial charge in [-0.25, -0.2) is 0 Å². The Morgan fingerprint density at radius 3 is 3.00 bits per heavy atom. The van der Waals surface area contributed by atoms with Crippen LogP contribution in [0.4, 0.5) is 0 Å². The van der Waals surface area contributed by atoms with Crippen LogP contribution in [-0.2, 0) is 0 Å². The Kier molecular flexibility index (Phi) is 4.59. The molecule has 2 unspecified atom stereocenters. The second-order valence-electron chi connectivity index (χ2n) is 5.07. The van der Waals surface area contributed by atoms with E-state index in [1.54, 1.807) is 0 Å². The molecule has 98 valence electrons. The lowest BCUT2D eigenvalue weighted by molar-refractivity contribution is 0.122. The lowest BCUT2D eigenvalue weighted by Gasteiger charge is -2.29. The van der Waals surface area contributed by atoms with Crippen molar-refractivity contribution < 1.29 is 4.74 Å². The number of hydrogen-bond acceptors (Lipinski definition) is 2. The molecule has 2 N–H and O–H groups in total. The van der Waals surface area contributed by atoms with Crippen LogP contribution >= 0.6 is 12.2 Å². The monoisotopic (exact) mass is 263 g/mol. The highest BCUT2D eigenvalue weighted by molar-refractivity contribution is 7.80. The first-order chi connectivity index (χ1) is 8.69. The van der Waals surface area contributed by atoms with Crippen LogP contribution < -0.4 is 10.5 Å². The molecule has 18 heavy (non-hydrogen) atoms. The van der Waals surface area contributed by atoms with Gasteiger partial charge in [0, 0.05) is 5.56 Å². The molecule has 0 bridgehead atoms. The summed E-state index contributed by atoms with van der Waals surface area (Å²) in [7, 11) is 0. The Morgan fingerprint density at radius 2 is 2.28 bits per heavy atom. The van der Waals surface area contributed by atoms with E-state index < -0.39 is 0 Å². The average Bonchev–Trinajstić information content (AvgIpc) is 2.39. The van der Waals surface area contributed by atoms with E-state index in [0.29, 0.717) is 11.1 Å². The van der Waals surface area contributed by atoms with Gasteiger partial charge in [-0.1, -0.05) is 44.1 Å². The topological polar surface area (TPSA) is 35.2 Å². The molecule has 0 aliphatic heterocycles. The SMILES string of the molecule is CCC1CCCC(Oc2cccc(C(N)=S)c2)C1. The van der Waals surface area contributed by atoms with E-state index >= 15 is 0 Å². The zero-order valence-electron chi connectivity index (χ0n) is 10.9. The normalized spacial score (nSPS) is 23.6. The van der Waals surface area contributed by atoms with Crippen LogP contribution in [0, 0.1) is 5.92 Å². The molecule has 0 aromatic heterocycles. The molecule has 1 fully saturated rings. The van der Waals surface area contributed by atoms with Gasteiger partial charge in [0.1, 0.15) is 10.7 Å². The Balaban J connectivity index is 2.00. The van der Waals surface area contributed by atoms with Gasteiger partial charge in [0.2, 0.25) is 0 Å². The highest BCUT2D eigenvalue weighted by Crippen LogP contribution is 2.29. The Labute approximate surface area is 115 Å². The first-order valence-corrected chi connectivity index (χ1v) is 7.16. The molecule has 0 amide bonds. The predicted molar refractivity (Wildman–Crippen MR) is 79.0 cm³/mol. The van der Waals surface area contributed by atoms with E-state index in [2.05, 4.69) is 6.92 Å². The quantitative estimate of drug-likeness (QED) is 0.842. The molecule has 1 aliphatic carbocycles. The van der Waals surface area contributed by atoms with E-state index in [1.807, 2.05) is 24.3 Å². The molecule has 2 rings (SSSR count). The van der Waals surface area contributed by atoms with E-state index in [9.17, 15) is 0 Å². The van der Waals surface area contributed by atoms with Crippen LogP contribution in [0.3, 0.4) is 0 Å². The maximum Gasteiger partial charge on any atom is 0.120 e. The van der Waals surface area contributed by atoms with Gasteiger partial charge >= 0.3 is 0 Å². The molecule has 2 atom stereocenters. The summed E-state index contributed by atoms with van der Waals surface area (Å²) in [6, 6.07) is 7.80. The van der Waals surface area contributed by atoms with Gasteiger partial charge < -0.3 is 10.5 Å².